The minimum Gasteiger partial charge on any atom is -0.299 e. The summed E-state index contributed by atoms with van der Waals surface area (Å²) in [5.74, 6) is 0.323. The van der Waals surface area contributed by atoms with Crippen LogP contribution < -0.4 is 0 Å². The molecule has 0 saturated heterocycles. The lowest BCUT2D eigenvalue weighted by Crippen LogP contribution is -2.07. The van der Waals surface area contributed by atoms with Crippen LogP contribution in [0, 0.1) is 20.8 Å². The van der Waals surface area contributed by atoms with Crippen molar-refractivity contribution in [2.45, 2.75) is 40.0 Å². The summed E-state index contributed by atoms with van der Waals surface area (Å²) >= 11 is 0. The zero-order chi connectivity index (χ0) is 14.5. The Bertz CT molecular complexity index is 591. The van der Waals surface area contributed by atoms with Gasteiger partial charge in [-0.1, -0.05) is 48.0 Å². The van der Waals surface area contributed by atoms with Gasteiger partial charge in [0.15, 0.2) is 0 Å². The molecule has 2 aromatic carbocycles. The van der Waals surface area contributed by atoms with E-state index in [4.69, 9.17) is 0 Å². The molecular formula is C19H22O. The Hall–Kier alpha value is -1.89. The van der Waals surface area contributed by atoms with E-state index in [1.165, 1.54) is 27.8 Å². The Morgan fingerprint density at radius 3 is 2.25 bits per heavy atom. The summed E-state index contributed by atoms with van der Waals surface area (Å²) in [6.07, 6.45) is 2.02. The van der Waals surface area contributed by atoms with E-state index in [1.54, 1.807) is 0 Å². The van der Waals surface area contributed by atoms with Gasteiger partial charge in [-0.05, 0) is 49.4 Å². The first kappa shape index (κ1) is 14.5. The molecule has 20 heavy (non-hydrogen) atoms. The fourth-order valence-corrected chi connectivity index (χ4v) is 2.56. The average Bonchev–Trinajstić information content (AvgIpc) is 2.41. The van der Waals surface area contributed by atoms with Crippen LogP contribution in [0.4, 0.5) is 0 Å². The number of Topliss-reactive ketones (excluding diaryl/α,β-unsaturated/α-hetero) is 1. The van der Waals surface area contributed by atoms with Gasteiger partial charge in [-0.3, -0.25) is 4.79 Å². The van der Waals surface area contributed by atoms with Crippen molar-refractivity contribution >= 4 is 5.78 Å². The largest absolute Gasteiger partial charge is 0.299 e. The monoisotopic (exact) mass is 266 g/mol. The summed E-state index contributed by atoms with van der Waals surface area (Å²) < 4.78 is 0. The Morgan fingerprint density at radius 2 is 1.60 bits per heavy atom. The molecule has 0 saturated carbocycles. The summed E-state index contributed by atoms with van der Waals surface area (Å²) in [4.78, 5) is 12.2. The van der Waals surface area contributed by atoms with Crippen molar-refractivity contribution in [3.05, 3.63) is 70.3 Å². The first-order valence-corrected chi connectivity index (χ1v) is 7.18. The SMILES string of the molecule is Cc1cccc(CCC(=O)Cc2c(C)cccc2C)c1. The van der Waals surface area contributed by atoms with Gasteiger partial charge in [0.25, 0.3) is 0 Å². The van der Waals surface area contributed by atoms with E-state index in [0.29, 0.717) is 18.6 Å². The molecule has 0 aliphatic rings. The smallest absolute Gasteiger partial charge is 0.137 e. The maximum absolute atomic E-state index is 12.2. The summed E-state index contributed by atoms with van der Waals surface area (Å²) in [5, 5.41) is 0. The van der Waals surface area contributed by atoms with Crippen molar-refractivity contribution in [1.82, 2.24) is 0 Å². The van der Waals surface area contributed by atoms with Crippen LogP contribution in [0.15, 0.2) is 42.5 Å². The van der Waals surface area contributed by atoms with E-state index in [-0.39, 0.29) is 0 Å². The second-order valence-corrected chi connectivity index (χ2v) is 5.57. The van der Waals surface area contributed by atoms with Crippen molar-refractivity contribution in [2.75, 3.05) is 0 Å². The van der Waals surface area contributed by atoms with Crippen LogP contribution in [0.3, 0.4) is 0 Å². The van der Waals surface area contributed by atoms with Crippen LogP contribution in [-0.4, -0.2) is 5.78 Å². The van der Waals surface area contributed by atoms with E-state index in [0.717, 1.165) is 6.42 Å². The third-order valence-electron chi connectivity index (χ3n) is 3.79. The molecule has 104 valence electrons. The van der Waals surface area contributed by atoms with Crippen LogP contribution in [0.2, 0.25) is 0 Å². The number of ketones is 1. The Kier molecular flexibility index (Phi) is 4.73. The normalized spacial score (nSPS) is 10.6. The molecule has 1 heteroatoms. The lowest BCUT2D eigenvalue weighted by molar-refractivity contribution is -0.118. The molecule has 1 nitrogen and oxygen atoms in total. The number of rotatable bonds is 5. The second-order valence-electron chi connectivity index (χ2n) is 5.57. The third-order valence-corrected chi connectivity index (χ3v) is 3.79. The van der Waals surface area contributed by atoms with Gasteiger partial charge >= 0.3 is 0 Å². The second kappa shape index (κ2) is 6.51. The number of carbonyl (C=O) groups is 1. The molecular weight excluding hydrogens is 244 g/mol. The molecule has 0 aromatic heterocycles. The Morgan fingerprint density at radius 1 is 0.950 bits per heavy atom. The molecule has 0 heterocycles. The zero-order valence-electron chi connectivity index (χ0n) is 12.6. The van der Waals surface area contributed by atoms with Crippen molar-refractivity contribution in [2.24, 2.45) is 0 Å². The maximum Gasteiger partial charge on any atom is 0.137 e. The first-order valence-electron chi connectivity index (χ1n) is 7.18. The highest BCUT2D eigenvalue weighted by Gasteiger charge is 2.08. The molecule has 0 aliphatic carbocycles. The van der Waals surface area contributed by atoms with Gasteiger partial charge in [-0.15, -0.1) is 0 Å². The average molecular weight is 266 g/mol. The van der Waals surface area contributed by atoms with E-state index >= 15 is 0 Å². The van der Waals surface area contributed by atoms with E-state index < -0.39 is 0 Å². The van der Waals surface area contributed by atoms with E-state index in [9.17, 15) is 4.79 Å². The highest BCUT2D eigenvalue weighted by atomic mass is 16.1. The molecule has 0 fully saturated rings. The highest BCUT2D eigenvalue weighted by Crippen LogP contribution is 2.15. The number of hydrogen-bond donors (Lipinski definition) is 0. The third kappa shape index (κ3) is 3.80. The predicted molar refractivity (Wildman–Crippen MR) is 84.1 cm³/mol. The van der Waals surface area contributed by atoms with Gasteiger partial charge in [0.05, 0.1) is 0 Å². The predicted octanol–water partition coefficient (Wildman–Crippen LogP) is 4.36. The molecule has 0 spiro atoms. The van der Waals surface area contributed by atoms with Gasteiger partial charge in [0.1, 0.15) is 5.78 Å². The van der Waals surface area contributed by atoms with Crippen LogP contribution in [-0.2, 0) is 17.6 Å². The molecule has 0 unspecified atom stereocenters. The standard InChI is InChI=1S/C19H22O/c1-14-6-4-9-17(12-14)10-11-18(20)13-19-15(2)7-5-8-16(19)3/h4-9,12H,10-11,13H2,1-3H3. The molecule has 0 bridgehead atoms. The minimum atomic E-state index is 0.323. The van der Waals surface area contributed by atoms with E-state index in [2.05, 4.69) is 57.2 Å². The van der Waals surface area contributed by atoms with Crippen LogP contribution >= 0.6 is 0 Å². The molecule has 0 atom stereocenters. The summed E-state index contributed by atoms with van der Waals surface area (Å²) in [5.41, 5.74) is 6.13. The first-order chi connectivity index (χ1) is 9.56. The lowest BCUT2D eigenvalue weighted by Gasteiger charge is -2.09. The molecule has 2 aromatic rings. The quantitative estimate of drug-likeness (QED) is 0.786. The van der Waals surface area contributed by atoms with Crippen LogP contribution in [0.25, 0.3) is 0 Å². The summed E-state index contributed by atoms with van der Waals surface area (Å²) in [6, 6.07) is 14.6. The molecule has 0 amide bonds. The number of hydrogen-bond acceptors (Lipinski definition) is 1. The fourth-order valence-electron chi connectivity index (χ4n) is 2.56. The Balaban J connectivity index is 1.96. The highest BCUT2D eigenvalue weighted by molar-refractivity contribution is 5.81. The molecule has 0 N–H and O–H groups in total. The Labute approximate surface area is 121 Å². The molecule has 2 rings (SSSR count). The molecule has 0 aliphatic heterocycles. The number of benzene rings is 2. The minimum absolute atomic E-state index is 0.323. The van der Waals surface area contributed by atoms with Crippen molar-refractivity contribution in [3.63, 3.8) is 0 Å². The van der Waals surface area contributed by atoms with Gasteiger partial charge in [-0.2, -0.15) is 0 Å². The van der Waals surface area contributed by atoms with Crippen LogP contribution in [0.5, 0.6) is 0 Å². The van der Waals surface area contributed by atoms with Crippen molar-refractivity contribution in [1.29, 1.82) is 0 Å². The number of aryl methyl sites for hydroxylation is 4. The number of carbonyl (C=O) groups excluding carboxylic acids is 1. The van der Waals surface area contributed by atoms with Crippen molar-refractivity contribution in [3.8, 4) is 0 Å². The van der Waals surface area contributed by atoms with Gasteiger partial charge < -0.3 is 0 Å². The topological polar surface area (TPSA) is 17.1 Å². The van der Waals surface area contributed by atoms with Gasteiger partial charge in [0, 0.05) is 12.8 Å². The summed E-state index contributed by atoms with van der Waals surface area (Å²) in [6.45, 7) is 6.24. The summed E-state index contributed by atoms with van der Waals surface area (Å²) in [7, 11) is 0. The maximum atomic E-state index is 12.2. The fraction of sp³-hybridized carbons (Fsp3) is 0.316. The van der Waals surface area contributed by atoms with E-state index in [1.807, 2.05) is 6.07 Å². The van der Waals surface area contributed by atoms with Gasteiger partial charge in [-0.25, -0.2) is 0 Å². The molecule has 0 radical (unpaired) electrons. The lowest BCUT2D eigenvalue weighted by atomic mass is 9.96. The van der Waals surface area contributed by atoms with Crippen molar-refractivity contribution < 1.29 is 4.79 Å². The van der Waals surface area contributed by atoms with Gasteiger partial charge in [0.2, 0.25) is 0 Å². The van der Waals surface area contributed by atoms with Crippen LogP contribution in [0.1, 0.15) is 34.2 Å². The zero-order valence-corrected chi connectivity index (χ0v) is 12.6.